The monoisotopic (exact) mass is 280 g/mol. The molecule has 100 valence electrons. The Morgan fingerprint density at radius 1 is 1.42 bits per heavy atom. The number of carboxylic acids is 1. The van der Waals surface area contributed by atoms with Crippen LogP contribution in [-0.2, 0) is 6.54 Å². The summed E-state index contributed by atoms with van der Waals surface area (Å²) in [5.74, 6) is -0.512. The van der Waals surface area contributed by atoms with E-state index in [0.717, 1.165) is 0 Å². The van der Waals surface area contributed by atoms with Crippen molar-refractivity contribution in [3.05, 3.63) is 44.5 Å². The lowest BCUT2D eigenvalue weighted by Gasteiger charge is -2.10. The van der Waals surface area contributed by atoms with Crippen molar-refractivity contribution in [2.75, 3.05) is 12.0 Å². The maximum atomic E-state index is 11.9. The van der Waals surface area contributed by atoms with Crippen LogP contribution in [-0.4, -0.2) is 32.6 Å². The standard InChI is InChI=1S/C12H12N2O4S/c1-19-6-5-14-9-7(12(17)18)3-2-4-8(9)13-10(15)11(14)16/h2-4H,5-6H2,1H3,(H,13,15)(H,17,18). The molecule has 0 amide bonds. The largest absolute Gasteiger partial charge is 0.478 e. The molecular weight excluding hydrogens is 268 g/mol. The Morgan fingerprint density at radius 3 is 2.79 bits per heavy atom. The molecule has 0 bridgehead atoms. The lowest BCUT2D eigenvalue weighted by molar-refractivity contribution is 0.0698. The minimum Gasteiger partial charge on any atom is -0.478 e. The number of H-pyrrole nitrogens is 1. The highest BCUT2D eigenvalue weighted by Gasteiger charge is 2.15. The molecule has 2 rings (SSSR count). The second kappa shape index (κ2) is 5.31. The quantitative estimate of drug-likeness (QED) is 0.806. The third-order valence-corrected chi connectivity index (χ3v) is 3.33. The van der Waals surface area contributed by atoms with Gasteiger partial charge in [-0.15, -0.1) is 0 Å². The van der Waals surface area contributed by atoms with E-state index in [1.54, 1.807) is 6.07 Å². The Labute approximate surface area is 112 Å². The first-order valence-electron chi connectivity index (χ1n) is 5.54. The second-order valence-electron chi connectivity index (χ2n) is 3.91. The van der Waals surface area contributed by atoms with Gasteiger partial charge in [-0.25, -0.2) is 4.79 Å². The van der Waals surface area contributed by atoms with E-state index in [1.165, 1.54) is 28.5 Å². The van der Waals surface area contributed by atoms with E-state index < -0.39 is 17.1 Å². The number of fused-ring (bicyclic) bond motifs is 1. The van der Waals surface area contributed by atoms with E-state index in [4.69, 9.17) is 0 Å². The highest BCUT2D eigenvalue weighted by atomic mass is 32.2. The minimum atomic E-state index is -1.13. The number of rotatable bonds is 4. The van der Waals surface area contributed by atoms with Gasteiger partial charge in [0.2, 0.25) is 0 Å². The van der Waals surface area contributed by atoms with Crippen molar-refractivity contribution in [3.63, 3.8) is 0 Å². The van der Waals surface area contributed by atoms with Crippen molar-refractivity contribution in [1.29, 1.82) is 0 Å². The van der Waals surface area contributed by atoms with Gasteiger partial charge in [0.05, 0.1) is 16.6 Å². The predicted octanol–water partition coefficient (Wildman–Crippen LogP) is 0.751. The lowest BCUT2D eigenvalue weighted by atomic mass is 10.1. The molecule has 0 unspecified atom stereocenters. The summed E-state index contributed by atoms with van der Waals surface area (Å²) in [6.07, 6.45) is 1.87. The van der Waals surface area contributed by atoms with Crippen LogP contribution in [0.25, 0.3) is 11.0 Å². The van der Waals surface area contributed by atoms with E-state index in [9.17, 15) is 19.5 Å². The molecule has 7 heteroatoms. The van der Waals surface area contributed by atoms with Gasteiger partial charge in [-0.05, 0) is 18.4 Å². The third kappa shape index (κ3) is 2.41. The van der Waals surface area contributed by atoms with E-state index in [2.05, 4.69) is 4.98 Å². The fourth-order valence-electron chi connectivity index (χ4n) is 1.90. The Bertz CT molecular complexity index is 747. The smallest absolute Gasteiger partial charge is 0.337 e. The zero-order valence-corrected chi connectivity index (χ0v) is 11.0. The molecule has 0 spiro atoms. The number of aromatic carboxylic acids is 1. The van der Waals surface area contributed by atoms with Crippen molar-refractivity contribution in [3.8, 4) is 0 Å². The molecule has 0 radical (unpaired) electrons. The fourth-order valence-corrected chi connectivity index (χ4v) is 2.27. The van der Waals surface area contributed by atoms with Gasteiger partial charge >= 0.3 is 17.1 Å². The number of thioether (sulfide) groups is 1. The van der Waals surface area contributed by atoms with Crippen LogP contribution in [0.3, 0.4) is 0 Å². The number of hydrogen-bond donors (Lipinski definition) is 2. The van der Waals surface area contributed by atoms with Crippen molar-refractivity contribution in [2.45, 2.75) is 6.54 Å². The normalized spacial score (nSPS) is 10.8. The topological polar surface area (TPSA) is 92.2 Å². The summed E-state index contributed by atoms with van der Waals surface area (Å²) in [7, 11) is 0. The number of para-hydroxylation sites is 1. The van der Waals surface area contributed by atoms with Crippen LogP contribution in [0.2, 0.25) is 0 Å². The van der Waals surface area contributed by atoms with Gasteiger partial charge in [-0.1, -0.05) is 6.07 Å². The van der Waals surface area contributed by atoms with Gasteiger partial charge in [0.25, 0.3) is 0 Å². The van der Waals surface area contributed by atoms with Crippen molar-refractivity contribution < 1.29 is 9.90 Å². The molecule has 2 aromatic rings. The SMILES string of the molecule is CSCCn1c(=O)c(=O)[nH]c2cccc(C(=O)O)c21. The zero-order chi connectivity index (χ0) is 14.0. The molecule has 0 aliphatic carbocycles. The first kappa shape index (κ1) is 13.4. The number of nitrogens with one attached hydrogen (secondary N) is 1. The summed E-state index contributed by atoms with van der Waals surface area (Å²) < 4.78 is 1.23. The summed E-state index contributed by atoms with van der Waals surface area (Å²) in [6, 6.07) is 4.53. The van der Waals surface area contributed by atoms with Gasteiger partial charge in [-0.3, -0.25) is 9.59 Å². The summed E-state index contributed by atoms with van der Waals surface area (Å²) in [6.45, 7) is 0.296. The molecule has 0 fully saturated rings. The first-order valence-corrected chi connectivity index (χ1v) is 6.93. The fraction of sp³-hybridized carbons (Fsp3) is 0.250. The van der Waals surface area contributed by atoms with Crippen LogP contribution in [0, 0.1) is 0 Å². The molecule has 0 aliphatic rings. The Hall–Kier alpha value is -2.02. The summed E-state index contributed by atoms with van der Waals surface area (Å²) in [4.78, 5) is 37.1. The lowest BCUT2D eigenvalue weighted by Crippen LogP contribution is -2.37. The van der Waals surface area contributed by atoms with E-state index in [-0.39, 0.29) is 11.1 Å². The highest BCUT2D eigenvalue weighted by Crippen LogP contribution is 2.15. The van der Waals surface area contributed by atoms with Crippen molar-refractivity contribution in [2.24, 2.45) is 0 Å². The number of carboxylic acid groups (broad SMARTS) is 1. The Morgan fingerprint density at radius 2 is 2.16 bits per heavy atom. The summed E-state index contributed by atoms with van der Waals surface area (Å²) in [5, 5.41) is 9.18. The van der Waals surface area contributed by atoms with Crippen LogP contribution in [0.5, 0.6) is 0 Å². The van der Waals surface area contributed by atoms with Gasteiger partial charge in [0, 0.05) is 12.3 Å². The number of hydrogen-bond acceptors (Lipinski definition) is 4. The minimum absolute atomic E-state index is 0.00644. The summed E-state index contributed by atoms with van der Waals surface area (Å²) >= 11 is 1.51. The van der Waals surface area contributed by atoms with Crippen LogP contribution < -0.4 is 11.1 Å². The average molecular weight is 280 g/mol. The molecular formula is C12H12N2O4S. The van der Waals surface area contributed by atoms with Gasteiger partial charge < -0.3 is 14.7 Å². The van der Waals surface area contributed by atoms with E-state index in [0.29, 0.717) is 17.8 Å². The van der Waals surface area contributed by atoms with Gasteiger partial charge in [-0.2, -0.15) is 11.8 Å². The summed E-state index contributed by atoms with van der Waals surface area (Å²) in [5.41, 5.74) is -0.849. The number of aromatic amines is 1. The van der Waals surface area contributed by atoms with Crippen LogP contribution in [0.4, 0.5) is 0 Å². The number of carbonyl (C=O) groups is 1. The van der Waals surface area contributed by atoms with Crippen LogP contribution >= 0.6 is 11.8 Å². The van der Waals surface area contributed by atoms with Crippen molar-refractivity contribution in [1.82, 2.24) is 9.55 Å². The molecule has 0 saturated heterocycles. The highest BCUT2D eigenvalue weighted by molar-refractivity contribution is 7.98. The van der Waals surface area contributed by atoms with Gasteiger partial charge in [0.15, 0.2) is 0 Å². The number of benzene rings is 1. The maximum absolute atomic E-state index is 11.9. The molecule has 2 N–H and O–H groups in total. The second-order valence-corrected chi connectivity index (χ2v) is 4.90. The Kier molecular flexibility index (Phi) is 3.75. The van der Waals surface area contributed by atoms with E-state index in [1.807, 2.05) is 6.26 Å². The van der Waals surface area contributed by atoms with Crippen molar-refractivity contribution >= 4 is 28.8 Å². The predicted molar refractivity (Wildman–Crippen MR) is 74.2 cm³/mol. The van der Waals surface area contributed by atoms with Crippen LogP contribution in [0.1, 0.15) is 10.4 Å². The molecule has 0 saturated carbocycles. The number of nitrogens with zero attached hydrogens (tertiary/aromatic N) is 1. The molecule has 1 aromatic heterocycles. The number of aryl methyl sites for hydroxylation is 1. The molecule has 0 aliphatic heterocycles. The molecule has 1 heterocycles. The third-order valence-electron chi connectivity index (χ3n) is 2.74. The van der Waals surface area contributed by atoms with Crippen LogP contribution in [0.15, 0.2) is 27.8 Å². The zero-order valence-electron chi connectivity index (χ0n) is 10.2. The number of aromatic nitrogens is 2. The molecule has 1 aromatic carbocycles. The first-order chi connectivity index (χ1) is 9.06. The molecule has 6 nitrogen and oxygen atoms in total. The Balaban J connectivity index is 2.87. The van der Waals surface area contributed by atoms with Gasteiger partial charge in [0.1, 0.15) is 0 Å². The van der Waals surface area contributed by atoms with E-state index >= 15 is 0 Å². The maximum Gasteiger partial charge on any atom is 0.337 e. The molecule has 19 heavy (non-hydrogen) atoms. The molecule has 0 atom stereocenters. The average Bonchev–Trinajstić information content (AvgIpc) is 2.38.